The van der Waals surface area contributed by atoms with E-state index in [9.17, 15) is 13.2 Å². The summed E-state index contributed by atoms with van der Waals surface area (Å²) in [7, 11) is 0. The second-order valence-electron chi connectivity index (χ2n) is 4.16. The number of anilines is 3. The minimum atomic E-state index is -4.34. The van der Waals surface area contributed by atoms with E-state index in [1.54, 1.807) is 12.1 Å². The van der Waals surface area contributed by atoms with Gasteiger partial charge >= 0.3 is 6.18 Å². The summed E-state index contributed by atoms with van der Waals surface area (Å²) in [6.07, 6.45) is -1.29. The highest BCUT2D eigenvalue weighted by Gasteiger charge is 2.29. The Morgan fingerprint density at radius 1 is 1.10 bits per heavy atom. The van der Waals surface area contributed by atoms with Crippen molar-refractivity contribution in [2.45, 2.75) is 6.18 Å². The molecule has 1 aromatic heterocycles. The van der Waals surface area contributed by atoms with Crippen LogP contribution in [0, 0.1) is 0 Å². The van der Waals surface area contributed by atoms with Gasteiger partial charge in [-0.1, -0.05) is 6.08 Å². The molecule has 2 rings (SSSR count). The zero-order valence-corrected chi connectivity index (χ0v) is 11.0. The lowest BCUT2D eigenvalue weighted by Gasteiger charge is -2.10. The van der Waals surface area contributed by atoms with Crippen molar-refractivity contribution in [3.8, 4) is 0 Å². The first-order valence-corrected chi connectivity index (χ1v) is 6.10. The maximum atomic E-state index is 12.5. The topological polar surface area (TPSA) is 49.8 Å². The molecule has 21 heavy (non-hydrogen) atoms. The third kappa shape index (κ3) is 4.20. The summed E-state index contributed by atoms with van der Waals surface area (Å²) in [4.78, 5) is 8.01. The molecule has 0 saturated heterocycles. The van der Waals surface area contributed by atoms with Crippen LogP contribution in [-0.2, 0) is 6.18 Å². The van der Waals surface area contributed by atoms with Gasteiger partial charge in [-0.3, -0.25) is 0 Å². The summed E-state index contributed by atoms with van der Waals surface area (Å²) in [6, 6.07) is 6.38. The molecule has 1 aromatic carbocycles. The Labute approximate surface area is 119 Å². The fourth-order valence-electron chi connectivity index (χ4n) is 1.59. The van der Waals surface area contributed by atoms with E-state index in [0.717, 1.165) is 12.1 Å². The number of rotatable bonds is 5. The van der Waals surface area contributed by atoms with Gasteiger partial charge < -0.3 is 10.6 Å². The van der Waals surface area contributed by atoms with E-state index in [1.807, 2.05) is 0 Å². The Morgan fingerprint density at radius 3 is 2.38 bits per heavy atom. The third-order valence-electron chi connectivity index (χ3n) is 2.58. The fourth-order valence-corrected chi connectivity index (χ4v) is 1.59. The average molecular weight is 294 g/mol. The zero-order chi connectivity index (χ0) is 15.3. The summed E-state index contributed by atoms with van der Waals surface area (Å²) in [5, 5.41) is 5.91. The standard InChI is InChI=1S/C14H13F3N4/c1-2-7-18-12-8-13(20-9-19-12)21-11-5-3-10(4-6-11)14(15,16)17/h2-6,8-9H,1,7H2,(H2,18,19,20,21). The molecule has 0 aliphatic rings. The second-order valence-corrected chi connectivity index (χ2v) is 4.16. The number of alkyl halides is 3. The molecule has 0 aliphatic heterocycles. The predicted molar refractivity (Wildman–Crippen MR) is 75.4 cm³/mol. The highest BCUT2D eigenvalue weighted by atomic mass is 19.4. The molecule has 0 aliphatic carbocycles. The van der Waals surface area contributed by atoms with E-state index in [1.165, 1.54) is 18.5 Å². The van der Waals surface area contributed by atoms with Crippen LogP contribution in [0.4, 0.5) is 30.5 Å². The first kappa shape index (κ1) is 14.8. The summed E-state index contributed by atoms with van der Waals surface area (Å²) >= 11 is 0. The molecule has 2 aromatic rings. The molecule has 7 heteroatoms. The Bertz CT molecular complexity index is 608. The highest BCUT2D eigenvalue weighted by Crippen LogP contribution is 2.30. The number of aromatic nitrogens is 2. The Hall–Kier alpha value is -2.57. The normalized spacial score (nSPS) is 11.0. The van der Waals surface area contributed by atoms with Gasteiger partial charge in [-0.05, 0) is 24.3 Å². The smallest absolute Gasteiger partial charge is 0.366 e. The van der Waals surface area contributed by atoms with Crippen molar-refractivity contribution >= 4 is 17.3 Å². The molecule has 4 nitrogen and oxygen atoms in total. The van der Waals surface area contributed by atoms with Crippen molar-refractivity contribution in [2.24, 2.45) is 0 Å². The molecule has 0 bridgehead atoms. The number of halogens is 3. The van der Waals surface area contributed by atoms with Gasteiger partial charge in [-0.25, -0.2) is 9.97 Å². The van der Waals surface area contributed by atoms with Gasteiger partial charge in [0.15, 0.2) is 0 Å². The first-order chi connectivity index (χ1) is 9.99. The molecule has 110 valence electrons. The maximum Gasteiger partial charge on any atom is 0.416 e. The van der Waals surface area contributed by atoms with Crippen LogP contribution in [0.15, 0.2) is 49.3 Å². The van der Waals surface area contributed by atoms with Crippen molar-refractivity contribution in [3.63, 3.8) is 0 Å². The van der Waals surface area contributed by atoms with Crippen LogP contribution < -0.4 is 10.6 Å². The van der Waals surface area contributed by atoms with Crippen LogP contribution in [0.25, 0.3) is 0 Å². The number of nitrogens with zero attached hydrogens (tertiary/aromatic N) is 2. The van der Waals surface area contributed by atoms with E-state index in [4.69, 9.17) is 0 Å². The molecule has 0 atom stereocenters. The number of nitrogens with one attached hydrogen (secondary N) is 2. The summed E-state index contributed by atoms with van der Waals surface area (Å²) in [5.74, 6) is 1.08. The Balaban J connectivity index is 2.09. The number of hydrogen-bond donors (Lipinski definition) is 2. The molecule has 0 unspecified atom stereocenters. The summed E-state index contributed by atoms with van der Waals surface area (Å²) in [6.45, 7) is 4.13. The molecule has 0 fully saturated rings. The monoisotopic (exact) mass is 294 g/mol. The Morgan fingerprint density at radius 2 is 1.76 bits per heavy atom. The van der Waals surface area contributed by atoms with Gasteiger partial charge in [0.05, 0.1) is 5.56 Å². The van der Waals surface area contributed by atoms with Gasteiger partial charge in [0.25, 0.3) is 0 Å². The van der Waals surface area contributed by atoms with Gasteiger partial charge in [0.2, 0.25) is 0 Å². The summed E-state index contributed by atoms with van der Waals surface area (Å²) < 4.78 is 37.4. The lowest BCUT2D eigenvalue weighted by atomic mass is 10.2. The van der Waals surface area contributed by atoms with E-state index >= 15 is 0 Å². The number of benzene rings is 1. The van der Waals surface area contributed by atoms with Crippen molar-refractivity contribution in [1.82, 2.24) is 9.97 Å². The van der Waals surface area contributed by atoms with Crippen molar-refractivity contribution < 1.29 is 13.2 Å². The molecule has 2 N–H and O–H groups in total. The van der Waals surface area contributed by atoms with Crippen LogP contribution >= 0.6 is 0 Å². The maximum absolute atomic E-state index is 12.5. The molecular weight excluding hydrogens is 281 g/mol. The Kier molecular flexibility index (Phi) is 4.42. The molecular formula is C14H13F3N4. The lowest BCUT2D eigenvalue weighted by Crippen LogP contribution is -2.05. The van der Waals surface area contributed by atoms with E-state index in [2.05, 4.69) is 27.2 Å². The van der Waals surface area contributed by atoms with E-state index in [0.29, 0.717) is 23.9 Å². The fraction of sp³-hybridized carbons (Fsp3) is 0.143. The predicted octanol–water partition coefficient (Wildman–Crippen LogP) is 3.84. The van der Waals surface area contributed by atoms with Crippen molar-refractivity contribution in [2.75, 3.05) is 17.2 Å². The molecule has 0 radical (unpaired) electrons. The molecule has 0 spiro atoms. The minimum Gasteiger partial charge on any atom is -0.366 e. The summed E-state index contributed by atoms with van der Waals surface area (Å²) in [5.41, 5.74) is -0.180. The van der Waals surface area contributed by atoms with Gasteiger partial charge in [-0.15, -0.1) is 6.58 Å². The van der Waals surface area contributed by atoms with Crippen LogP contribution in [0.1, 0.15) is 5.56 Å². The van der Waals surface area contributed by atoms with Gasteiger partial charge in [0.1, 0.15) is 18.0 Å². The van der Waals surface area contributed by atoms with Crippen LogP contribution in [-0.4, -0.2) is 16.5 Å². The second kappa shape index (κ2) is 6.25. The van der Waals surface area contributed by atoms with Crippen molar-refractivity contribution in [3.05, 3.63) is 54.9 Å². The van der Waals surface area contributed by atoms with Gasteiger partial charge in [-0.2, -0.15) is 13.2 Å². The average Bonchev–Trinajstić information content (AvgIpc) is 2.45. The van der Waals surface area contributed by atoms with Crippen LogP contribution in [0.2, 0.25) is 0 Å². The highest BCUT2D eigenvalue weighted by molar-refractivity contribution is 5.59. The van der Waals surface area contributed by atoms with Crippen LogP contribution in [0.5, 0.6) is 0 Å². The largest absolute Gasteiger partial charge is 0.416 e. The first-order valence-electron chi connectivity index (χ1n) is 6.10. The van der Waals surface area contributed by atoms with Crippen molar-refractivity contribution in [1.29, 1.82) is 0 Å². The van der Waals surface area contributed by atoms with E-state index < -0.39 is 11.7 Å². The third-order valence-corrected chi connectivity index (χ3v) is 2.58. The zero-order valence-electron chi connectivity index (χ0n) is 11.0. The molecule has 0 saturated carbocycles. The van der Waals surface area contributed by atoms with E-state index in [-0.39, 0.29) is 0 Å². The molecule has 0 amide bonds. The lowest BCUT2D eigenvalue weighted by molar-refractivity contribution is -0.137. The number of hydrogen-bond acceptors (Lipinski definition) is 4. The SMILES string of the molecule is C=CCNc1cc(Nc2ccc(C(F)(F)F)cc2)ncn1. The quantitative estimate of drug-likeness (QED) is 0.823. The molecule has 1 heterocycles. The van der Waals surface area contributed by atoms with Crippen LogP contribution in [0.3, 0.4) is 0 Å². The van der Waals surface area contributed by atoms with Gasteiger partial charge in [0, 0.05) is 18.3 Å². The minimum absolute atomic E-state index is 0.483.